The Balaban J connectivity index is 1.56. The number of hydrogen-bond acceptors (Lipinski definition) is 4. The number of nitrogens with two attached hydrogens (primary N) is 1. The summed E-state index contributed by atoms with van der Waals surface area (Å²) in [6.07, 6.45) is 1.29. The van der Waals surface area contributed by atoms with Crippen molar-refractivity contribution in [3.63, 3.8) is 0 Å². The highest BCUT2D eigenvalue weighted by Gasteiger charge is 2.13. The second kappa shape index (κ2) is 10.5. The molecule has 0 aliphatic heterocycles. The van der Waals surface area contributed by atoms with Crippen LogP contribution in [0.4, 0.5) is 0 Å². The molecule has 5 heteroatoms. The third-order valence-electron chi connectivity index (χ3n) is 3.83. The van der Waals surface area contributed by atoms with E-state index >= 15 is 0 Å². The first-order valence-electron chi connectivity index (χ1n) is 8.47. The zero-order chi connectivity index (χ0) is 17.9. The maximum Gasteiger partial charge on any atom is 0.237 e. The van der Waals surface area contributed by atoms with E-state index in [9.17, 15) is 4.79 Å². The Bertz CT molecular complexity index is 629. The van der Waals surface area contributed by atoms with Gasteiger partial charge in [-0.3, -0.25) is 4.79 Å². The second-order valence-corrected chi connectivity index (χ2v) is 5.84. The van der Waals surface area contributed by atoms with Crippen LogP contribution in [-0.4, -0.2) is 32.2 Å². The molecule has 0 saturated carbocycles. The van der Waals surface area contributed by atoms with E-state index < -0.39 is 6.04 Å². The molecular formula is C20H26N2O3. The first-order chi connectivity index (χ1) is 12.2. The molecule has 0 aliphatic rings. The molecular weight excluding hydrogens is 316 g/mol. The molecule has 0 aliphatic carbocycles. The Kier molecular flexibility index (Phi) is 7.95. The highest BCUT2D eigenvalue weighted by molar-refractivity contribution is 5.81. The van der Waals surface area contributed by atoms with Crippen LogP contribution in [0, 0.1) is 0 Å². The summed E-state index contributed by atoms with van der Waals surface area (Å²) in [5, 5.41) is 2.86. The quantitative estimate of drug-likeness (QED) is 0.650. The molecule has 2 aromatic rings. The van der Waals surface area contributed by atoms with Crippen molar-refractivity contribution >= 4 is 5.91 Å². The number of amides is 1. The van der Waals surface area contributed by atoms with E-state index in [1.165, 1.54) is 0 Å². The summed E-state index contributed by atoms with van der Waals surface area (Å²) in [7, 11) is 1.64. The van der Waals surface area contributed by atoms with Crippen molar-refractivity contribution < 1.29 is 14.3 Å². The van der Waals surface area contributed by atoms with Gasteiger partial charge in [0.1, 0.15) is 5.75 Å². The van der Waals surface area contributed by atoms with Crippen molar-refractivity contribution in [3.8, 4) is 5.75 Å². The number of benzene rings is 2. The van der Waals surface area contributed by atoms with Crippen molar-refractivity contribution in [1.82, 2.24) is 5.32 Å². The van der Waals surface area contributed by atoms with Gasteiger partial charge in [0.2, 0.25) is 5.91 Å². The van der Waals surface area contributed by atoms with Gasteiger partial charge in [-0.25, -0.2) is 0 Å². The maximum absolute atomic E-state index is 12.0. The highest BCUT2D eigenvalue weighted by Crippen LogP contribution is 2.11. The molecule has 0 aromatic heterocycles. The Morgan fingerprint density at radius 2 is 1.80 bits per heavy atom. The molecule has 1 atom stereocenters. The zero-order valence-corrected chi connectivity index (χ0v) is 14.6. The van der Waals surface area contributed by atoms with Crippen LogP contribution < -0.4 is 15.8 Å². The molecule has 0 radical (unpaired) electrons. The molecule has 134 valence electrons. The third-order valence-corrected chi connectivity index (χ3v) is 3.83. The van der Waals surface area contributed by atoms with E-state index in [0.29, 0.717) is 26.2 Å². The van der Waals surface area contributed by atoms with E-state index in [-0.39, 0.29) is 5.91 Å². The Hall–Kier alpha value is -2.37. The number of rotatable bonds is 10. The monoisotopic (exact) mass is 342 g/mol. The lowest BCUT2D eigenvalue weighted by Gasteiger charge is -2.12. The molecule has 3 N–H and O–H groups in total. The molecule has 1 amide bonds. The minimum absolute atomic E-state index is 0.126. The average Bonchev–Trinajstić information content (AvgIpc) is 2.65. The van der Waals surface area contributed by atoms with Gasteiger partial charge in [0.25, 0.3) is 0 Å². The molecule has 0 spiro atoms. The minimum Gasteiger partial charge on any atom is -0.497 e. The van der Waals surface area contributed by atoms with Crippen molar-refractivity contribution in [2.24, 2.45) is 5.73 Å². The molecule has 2 aromatic carbocycles. The van der Waals surface area contributed by atoms with E-state index in [2.05, 4.69) is 5.32 Å². The van der Waals surface area contributed by atoms with E-state index in [1.54, 1.807) is 7.11 Å². The molecule has 25 heavy (non-hydrogen) atoms. The van der Waals surface area contributed by atoms with Gasteiger partial charge in [-0.05, 0) is 36.1 Å². The van der Waals surface area contributed by atoms with Gasteiger partial charge in [-0.2, -0.15) is 0 Å². The van der Waals surface area contributed by atoms with Crippen molar-refractivity contribution in [2.45, 2.75) is 25.5 Å². The molecule has 0 bridgehead atoms. The van der Waals surface area contributed by atoms with Crippen LogP contribution in [0.25, 0.3) is 0 Å². The number of nitrogens with one attached hydrogen (secondary N) is 1. The number of ether oxygens (including phenoxy) is 2. The van der Waals surface area contributed by atoms with Gasteiger partial charge in [-0.1, -0.05) is 42.5 Å². The van der Waals surface area contributed by atoms with E-state index in [0.717, 1.165) is 23.3 Å². The predicted molar refractivity (Wildman–Crippen MR) is 98.4 cm³/mol. The number of carbonyl (C=O) groups is 1. The highest BCUT2D eigenvalue weighted by atomic mass is 16.5. The summed E-state index contributed by atoms with van der Waals surface area (Å²) < 4.78 is 10.7. The van der Waals surface area contributed by atoms with Crippen molar-refractivity contribution in [2.75, 3.05) is 20.3 Å². The van der Waals surface area contributed by atoms with Crippen LogP contribution >= 0.6 is 0 Å². The smallest absolute Gasteiger partial charge is 0.237 e. The Morgan fingerprint density at radius 3 is 2.48 bits per heavy atom. The summed E-state index contributed by atoms with van der Waals surface area (Å²) in [4.78, 5) is 12.0. The van der Waals surface area contributed by atoms with Crippen LogP contribution in [0.5, 0.6) is 5.75 Å². The standard InChI is InChI=1S/C20H26N2O3/c1-24-18-10-8-17(9-11-18)15-25-13-5-12-22-20(23)19(21)14-16-6-3-2-4-7-16/h2-4,6-11,19H,5,12-15,21H2,1H3,(H,22,23)/t19-/m0/s1. The maximum atomic E-state index is 12.0. The topological polar surface area (TPSA) is 73.6 Å². The predicted octanol–water partition coefficient (Wildman–Crippen LogP) is 2.29. The summed E-state index contributed by atoms with van der Waals surface area (Å²) in [6, 6.07) is 17.0. The Labute approximate surface area is 149 Å². The van der Waals surface area contributed by atoms with Crippen molar-refractivity contribution in [3.05, 3.63) is 65.7 Å². The molecule has 5 nitrogen and oxygen atoms in total. The number of carbonyl (C=O) groups excluding carboxylic acids is 1. The van der Waals surface area contributed by atoms with E-state index in [1.807, 2.05) is 54.6 Å². The lowest BCUT2D eigenvalue weighted by atomic mass is 10.1. The number of hydrogen-bond donors (Lipinski definition) is 2. The SMILES string of the molecule is COc1ccc(COCCCNC(=O)[C@@H](N)Cc2ccccc2)cc1. The fraction of sp³-hybridized carbons (Fsp3) is 0.350. The molecule has 0 unspecified atom stereocenters. The van der Waals surface area contributed by atoms with Gasteiger partial charge in [0.05, 0.1) is 19.8 Å². The first-order valence-corrected chi connectivity index (χ1v) is 8.47. The van der Waals surface area contributed by atoms with Crippen molar-refractivity contribution in [1.29, 1.82) is 0 Å². The van der Waals surface area contributed by atoms with Gasteiger partial charge < -0.3 is 20.5 Å². The van der Waals surface area contributed by atoms with Crippen LogP contribution in [0.15, 0.2) is 54.6 Å². The molecule has 0 heterocycles. The fourth-order valence-electron chi connectivity index (χ4n) is 2.39. The van der Waals surface area contributed by atoms with Crippen LogP contribution in [-0.2, 0) is 22.6 Å². The van der Waals surface area contributed by atoms with Crippen LogP contribution in [0.1, 0.15) is 17.5 Å². The average molecular weight is 342 g/mol. The normalized spacial score (nSPS) is 11.8. The summed E-state index contributed by atoms with van der Waals surface area (Å²) in [6.45, 7) is 1.69. The second-order valence-electron chi connectivity index (χ2n) is 5.84. The summed E-state index contributed by atoms with van der Waals surface area (Å²) in [5.41, 5.74) is 8.09. The largest absolute Gasteiger partial charge is 0.497 e. The van der Waals surface area contributed by atoms with E-state index in [4.69, 9.17) is 15.2 Å². The zero-order valence-electron chi connectivity index (χ0n) is 14.6. The number of methoxy groups -OCH3 is 1. The summed E-state index contributed by atoms with van der Waals surface area (Å²) >= 11 is 0. The van der Waals surface area contributed by atoms with Gasteiger partial charge in [0.15, 0.2) is 0 Å². The third kappa shape index (κ3) is 6.95. The molecule has 0 saturated heterocycles. The first kappa shape index (κ1) is 19.0. The van der Waals surface area contributed by atoms with Crippen LogP contribution in [0.3, 0.4) is 0 Å². The van der Waals surface area contributed by atoms with Gasteiger partial charge >= 0.3 is 0 Å². The molecule has 2 rings (SSSR count). The lowest BCUT2D eigenvalue weighted by molar-refractivity contribution is -0.122. The van der Waals surface area contributed by atoms with Gasteiger partial charge in [-0.15, -0.1) is 0 Å². The van der Waals surface area contributed by atoms with Gasteiger partial charge in [0, 0.05) is 13.2 Å². The van der Waals surface area contributed by atoms with Crippen LogP contribution in [0.2, 0.25) is 0 Å². The minimum atomic E-state index is -0.525. The lowest BCUT2D eigenvalue weighted by Crippen LogP contribution is -2.42. The fourth-order valence-corrected chi connectivity index (χ4v) is 2.39. The summed E-state index contributed by atoms with van der Waals surface area (Å²) in [5.74, 6) is 0.706. The molecule has 0 fully saturated rings. The Morgan fingerprint density at radius 1 is 1.08 bits per heavy atom.